The van der Waals surface area contributed by atoms with Crippen molar-refractivity contribution in [1.29, 1.82) is 0 Å². The van der Waals surface area contributed by atoms with Gasteiger partial charge in [0.15, 0.2) is 23.3 Å². The second-order valence-corrected chi connectivity index (χ2v) is 7.43. The number of hydrogen-bond donors (Lipinski definition) is 1. The monoisotopic (exact) mass is 447 g/mol. The van der Waals surface area contributed by atoms with Crippen LogP contribution in [-0.2, 0) is 23.5 Å². The van der Waals surface area contributed by atoms with Crippen LogP contribution in [0.15, 0.2) is 23.2 Å². The summed E-state index contributed by atoms with van der Waals surface area (Å²) in [4.78, 5) is 3.32. The number of para-hydroxylation sites is 1. The van der Waals surface area contributed by atoms with Gasteiger partial charge in [-0.3, -0.25) is 0 Å². The molecule has 2 aromatic carbocycles. The molecule has 0 bridgehead atoms. The molecule has 0 heterocycles. The topological polar surface area (TPSA) is 32.6 Å². The van der Waals surface area contributed by atoms with Crippen LogP contribution in [0.4, 0.5) is 27.6 Å². The van der Waals surface area contributed by atoms with E-state index in [0.29, 0.717) is 12.0 Å². The molecule has 0 aliphatic heterocycles. The molecule has 140 valence electrons. The van der Waals surface area contributed by atoms with E-state index in [9.17, 15) is 27.1 Å². The average molecular weight is 448 g/mol. The van der Waals surface area contributed by atoms with Crippen LogP contribution >= 0.6 is 18.6 Å². The van der Waals surface area contributed by atoms with Crippen molar-refractivity contribution in [2.75, 3.05) is 0 Å². The molecule has 2 aromatic rings. The van der Waals surface area contributed by atoms with Crippen LogP contribution in [0, 0.1) is 29.1 Å². The number of nitrogens with zero attached hydrogens (tertiary/aromatic N) is 1. The number of aryl methyl sites for hydroxylation is 1. The Morgan fingerprint density at radius 3 is 2.00 bits per heavy atom. The summed E-state index contributed by atoms with van der Waals surface area (Å²) in [6.45, 7) is 1.90. The van der Waals surface area contributed by atoms with Crippen molar-refractivity contribution >= 4 is 30.5 Å². The van der Waals surface area contributed by atoms with Gasteiger partial charge in [0, 0.05) is 11.8 Å². The molecule has 2 nitrogen and oxygen atoms in total. The van der Waals surface area contributed by atoms with Gasteiger partial charge in [-0.2, -0.15) is 0 Å². The first-order valence-electron chi connectivity index (χ1n) is 7.12. The maximum absolute atomic E-state index is 13.5. The zero-order valence-electron chi connectivity index (χ0n) is 13.3. The Morgan fingerprint density at radius 2 is 1.50 bits per heavy atom. The second kappa shape index (κ2) is 10.9. The minimum atomic E-state index is -2.24. The Balaban J connectivity index is 0.00000105. The van der Waals surface area contributed by atoms with E-state index in [4.69, 9.17) is 18.6 Å². The summed E-state index contributed by atoms with van der Waals surface area (Å²) in [6, 6.07) is 4.66. The maximum atomic E-state index is 13.5. The summed E-state index contributed by atoms with van der Waals surface area (Å²) in [5.41, 5.74) is -0.601. The zero-order valence-corrected chi connectivity index (χ0v) is 16.3. The number of hydrogen-bond acceptors (Lipinski definition) is 2. The van der Waals surface area contributed by atoms with Crippen molar-refractivity contribution in [2.24, 2.45) is 4.99 Å². The molecule has 0 aliphatic carbocycles. The third kappa shape index (κ3) is 5.43. The van der Waals surface area contributed by atoms with Gasteiger partial charge in [0.25, 0.3) is 0 Å². The van der Waals surface area contributed by atoms with Crippen molar-refractivity contribution in [1.82, 2.24) is 0 Å². The predicted octanol–water partition coefficient (Wildman–Crippen LogP) is 6.17. The third-order valence-electron chi connectivity index (χ3n) is 3.19. The summed E-state index contributed by atoms with van der Waals surface area (Å²) < 4.78 is 66.1. The molecule has 2 rings (SSSR count). The first-order valence-corrected chi connectivity index (χ1v) is 11.4. The van der Waals surface area contributed by atoms with Crippen molar-refractivity contribution in [3.05, 3.63) is 58.4 Å². The molecule has 0 amide bonds. The van der Waals surface area contributed by atoms with Crippen LogP contribution in [-0.4, -0.2) is 11.3 Å². The van der Waals surface area contributed by atoms with Crippen LogP contribution in [0.2, 0.25) is 0 Å². The van der Waals surface area contributed by atoms with E-state index in [1.165, 1.54) is 6.07 Å². The van der Waals surface area contributed by atoms with Crippen LogP contribution < -0.4 is 0 Å². The fraction of sp³-hybridized carbons (Fsp3) is 0.188. The molecule has 26 heavy (non-hydrogen) atoms. The predicted molar refractivity (Wildman–Crippen MR) is 87.3 cm³/mol. The van der Waals surface area contributed by atoms with Crippen LogP contribution in [0.5, 0.6) is 5.75 Å². The molecule has 0 aromatic heterocycles. The third-order valence-corrected chi connectivity index (χ3v) is 3.19. The Hall–Kier alpha value is -1.15. The van der Waals surface area contributed by atoms with E-state index < -0.39 is 51.8 Å². The summed E-state index contributed by atoms with van der Waals surface area (Å²) in [7, 11) is 9.78. The van der Waals surface area contributed by atoms with Gasteiger partial charge in [-0.05, 0) is 18.1 Å². The van der Waals surface area contributed by atoms with Crippen molar-refractivity contribution in [3.63, 3.8) is 0 Å². The molecular formula is C16H12Cl2F5NOTi. The molecule has 0 saturated heterocycles. The molecule has 0 fully saturated rings. The van der Waals surface area contributed by atoms with Gasteiger partial charge in [-0.25, -0.2) is 26.9 Å². The minimum absolute atomic E-state index is 0.111. The quantitative estimate of drug-likeness (QED) is 0.196. The van der Waals surface area contributed by atoms with E-state index in [1.54, 1.807) is 12.1 Å². The normalized spacial score (nSPS) is 10.6. The fourth-order valence-electron chi connectivity index (χ4n) is 2.03. The van der Waals surface area contributed by atoms with E-state index >= 15 is 0 Å². The fourth-order valence-corrected chi connectivity index (χ4v) is 2.03. The Labute approximate surface area is 163 Å². The molecule has 0 spiro atoms. The van der Waals surface area contributed by atoms with E-state index in [1.807, 2.05) is 6.92 Å². The molecule has 0 unspecified atom stereocenters. The van der Waals surface area contributed by atoms with E-state index in [-0.39, 0.29) is 11.3 Å². The van der Waals surface area contributed by atoms with Crippen molar-refractivity contribution in [2.45, 2.75) is 19.8 Å². The van der Waals surface area contributed by atoms with Gasteiger partial charge >= 0.3 is 35.6 Å². The summed E-state index contributed by atoms with van der Waals surface area (Å²) >= 11 is -0.556. The van der Waals surface area contributed by atoms with Gasteiger partial charge < -0.3 is 5.11 Å². The van der Waals surface area contributed by atoms with Crippen LogP contribution in [0.1, 0.15) is 24.5 Å². The van der Waals surface area contributed by atoms with Crippen LogP contribution in [0.3, 0.4) is 0 Å². The Morgan fingerprint density at radius 1 is 1.00 bits per heavy atom. The molecule has 10 heteroatoms. The Bertz CT molecular complexity index is 776. The first-order chi connectivity index (χ1) is 12.3. The zero-order chi connectivity index (χ0) is 19.9. The number of aromatic hydroxyl groups is 1. The number of aliphatic imine (C=N–C) groups is 1. The standard InChI is InChI=1S/C16H12F5NO.2ClH.Ti/c1-2-4-8-5-3-6-9(16(8)23)7-22-15-13(20)11(18)10(17)12(19)14(15)21;;;/h3,5-7,23H,2,4H2,1H3;2*1H;/q;;;+2/p-2. The van der Waals surface area contributed by atoms with Crippen molar-refractivity contribution in [3.8, 4) is 5.75 Å². The van der Waals surface area contributed by atoms with Gasteiger partial charge in [0.05, 0.1) is 0 Å². The summed E-state index contributed by atoms with van der Waals surface area (Å²) in [5, 5.41) is 10.0. The number of benzene rings is 2. The van der Waals surface area contributed by atoms with Gasteiger partial charge in [0.1, 0.15) is 11.4 Å². The number of rotatable bonds is 4. The molecule has 1 N–H and O–H groups in total. The molecule has 0 atom stereocenters. The average Bonchev–Trinajstić information content (AvgIpc) is 2.62. The number of phenolic OH excluding ortho intramolecular Hbond substituents is 1. The molecule has 0 aliphatic rings. The first kappa shape index (κ1) is 22.9. The molecular weight excluding hydrogens is 436 g/mol. The Kier molecular flexibility index (Phi) is 9.57. The van der Waals surface area contributed by atoms with Crippen molar-refractivity contribution < 1.29 is 44.1 Å². The molecule has 0 saturated carbocycles. The van der Waals surface area contributed by atoms with E-state index in [0.717, 1.165) is 12.6 Å². The molecule has 0 radical (unpaired) electrons. The number of halogens is 7. The SMILES string of the molecule is CCCc1cccc(C=Nc2c(F)c(F)c(F)c(F)c2F)c1O.[Cl][Ti][Cl]. The van der Waals surface area contributed by atoms with Crippen LogP contribution in [0.25, 0.3) is 0 Å². The van der Waals surface area contributed by atoms with Gasteiger partial charge in [-0.15, -0.1) is 0 Å². The number of phenols is 1. The summed E-state index contributed by atoms with van der Waals surface area (Å²) in [6.07, 6.45) is 2.18. The van der Waals surface area contributed by atoms with Gasteiger partial charge in [-0.1, -0.05) is 25.5 Å². The summed E-state index contributed by atoms with van der Waals surface area (Å²) in [5.74, 6) is -10.6. The van der Waals surface area contributed by atoms with Gasteiger partial charge in [0.2, 0.25) is 5.82 Å². The van der Waals surface area contributed by atoms with E-state index in [2.05, 4.69) is 4.99 Å². The second-order valence-electron chi connectivity index (χ2n) is 4.85.